The van der Waals surface area contributed by atoms with Gasteiger partial charge in [-0.05, 0) is 161 Å². The van der Waals surface area contributed by atoms with Gasteiger partial charge in [0, 0.05) is 27.1 Å². The topological polar surface area (TPSA) is 33.6 Å². The van der Waals surface area contributed by atoms with Crippen LogP contribution in [0.4, 0.5) is 13.2 Å². The number of fused-ring (bicyclic) bond motifs is 6. The number of alkyl halides is 3. The standard InChI is InChI=1S/C67H48F3N3/c1-40-14-6-10-18-51(40)46-22-27-56-57-28-23-47(52-19-11-7-15-41(52)2)36-61(57)72(60(56)35-46)64-33-45(39-71)34-65(66(64)55-31-26-50(32-44(55)5)67(68,69)70)73-62-37-48(53-20-12-8-16-42(53)3)24-29-58(62)59-30-25-49(38-63(59)73)54-21-13-9-17-43(54)4/h6-38H,1-5H3. The molecule has 73 heavy (non-hydrogen) atoms. The molecule has 12 aromatic rings. The molecule has 0 bridgehead atoms. The molecule has 0 atom stereocenters. The Balaban J connectivity index is 1.28. The highest BCUT2D eigenvalue weighted by Gasteiger charge is 2.32. The first kappa shape index (κ1) is 45.2. The van der Waals surface area contributed by atoms with E-state index in [-0.39, 0.29) is 0 Å². The third-order valence-electron chi connectivity index (χ3n) is 14.9. The number of hydrogen-bond donors (Lipinski definition) is 0. The highest BCUT2D eigenvalue weighted by molar-refractivity contribution is 6.14. The molecule has 0 aliphatic heterocycles. The molecular weight excluding hydrogens is 904 g/mol. The lowest BCUT2D eigenvalue weighted by Crippen LogP contribution is -2.08. The van der Waals surface area contributed by atoms with Gasteiger partial charge in [0.05, 0.1) is 50.6 Å². The monoisotopic (exact) mass is 951 g/mol. The van der Waals surface area contributed by atoms with E-state index in [4.69, 9.17) is 0 Å². The van der Waals surface area contributed by atoms with Gasteiger partial charge in [-0.1, -0.05) is 152 Å². The molecule has 0 unspecified atom stereocenters. The predicted molar refractivity (Wildman–Crippen MR) is 296 cm³/mol. The maximum absolute atomic E-state index is 14.7. The maximum atomic E-state index is 14.7. The van der Waals surface area contributed by atoms with Crippen LogP contribution in [0.15, 0.2) is 200 Å². The molecule has 0 amide bonds. The third kappa shape index (κ3) is 7.59. The Morgan fingerprint density at radius 3 is 0.973 bits per heavy atom. The summed E-state index contributed by atoms with van der Waals surface area (Å²) in [5.74, 6) is 0. The molecule has 0 radical (unpaired) electrons. The first-order chi connectivity index (χ1) is 35.4. The van der Waals surface area contributed by atoms with Crippen LogP contribution in [0.1, 0.15) is 38.9 Å². The second kappa shape index (κ2) is 17.4. The molecule has 0 spiro atoms. The summed E-state index contributed by atoms with van der Waals surface area (Å²) in [7, 11) is 0. The van der Waals surface area contributed by atoms with Crippen LogP contribution < -0.4 is 0 Å². The van der Waals surface area contributed by atoms with Crippen molar-refractivity contribution in [1.29, 1.82) is 5.26 Å². The molecule has 0 saturated carbocycles. The summed E-state index contributed by atoms with van der Waals surface area (Å²) in [5, 5.41) is 15.3. The number of aryl methyl sites for hydroxylation is 5. The summed E-state index contributed by atoms with van der Waals surface area (Å²) < 4.78 is 48.5. The zero-order valence-electron chi connectivity index (χ0n) is 41.0. The van der Waals surface area contributed by atoms with Gasteiger partial charge in [0.25, 0.3) is 0 Å². The highest BCUT2D eigenvalue weighted by atomic mass is 19.4. The first-order valence-electron chi connectivity index (χ1n) is 24.5. The Bertz CT molecular complexity index is 3830. The van der Waals surface area contributed by atoms with Crippen molar-refractivity contribution in [2.75, 3.05) is 0 Å². The van der Waals surface area contributed by atoms with Crippen LogP contribution in [0, 0.1) is 45.9 Å². The third-order valence-corrected chi connectivity index (χ3v) is 14.9. The van der Waals surface area contributed by atoms with Gasteiger partial charge in [0.15, 0.2) is 0 Å². The quantitative estimate of drug-likeness (QED) is 0.157. The Morgan fingerprint density at radius 2 is 0.685 bits per heavy atom. The normalized spacial score (nSPS) is 11.8. The predicted octanol–water partition coefficient (Wildman–Crippen LogP) is 18.6. The van der Waals surface area contributed by atoms with Crippen molar-refractivity contribution in [2.24, 2.45) is 0 Å². The van der Waals surface area contributed by atoms with Crippen LogP contribution >= 0.6 is 0 Å². The lowest BCUT2D eigenvalue weighted by Gasteiger charge is -2.23. The number of nitrogens with zero attached hydrogens (tertiary/aromatic N) is 3. The summed E-state index contributed by atoms with van der Waals surface area (Å²) in [5.41, 5.74) is 19.3. The molecule has 3 nitrogen and oxygen atoms in total. The van der Waals surface area contributed by atoms with E-state index in [1.807, 2.05) is 60.7 Å². The molecule has 2 heterocycles. The Kier molecular flexibility index (Phi) is 10.8. The van der Waals surface area contributed by atoms with Gasteiger partial charge in [-0.25, -0.2) is 0 Å². The average molecular weight is 952 g/mol. The molecular formula is C67H48F3N3. The van der Waals surface area contributed by atoms with Crippen molar-refractivity contribution in [3.05, 3.63) is 239 Å². The summed E-state index contributed by atoms with van der Waals surface area (Å²) in [6, 6.07) is 70.0. The van der Waals surface area contributed by atoms with Crippen molar-refractivity contribution in [2.45, 2.75) is 40.8 Å². The van der Waals surface area contributed by atoms with Crippen molar-refractivity contribution in [3.63, 3.8) is 0 Å². The van der Waals surface area contributed by atoms with E-state index in [2.05, 4.69) is 164 Å². The second-order valence-corrected chi connectivity index (χ2v) is 19.4. The molecule has 6 heteroatoms. The number of benzene rings is 10. The molecule has 0 N–H and O–H groups in total. The van der Waals surface area contributed by atoms with Gasteiger partial charge in [-0.2, -0.15) is 18.4 Å². The summed E-state index contributed by atoms with van der Waals surface area (Å²) in [6.07, 6.45) is -4.56. The minimum Gasteiger partial charge on any atom is -0.308 e. The van der Waals surface area contributed by atoms with Gasteiger partial charge in [-0.15, -0.1) is 0 Å². The van der Waals surface area contributed by atoms with E-state index in [1.165, 1.54) is 12.1 Å². The molecule has 2 aromatic heterocycles. The number of nitriles is 1. The fourth-order valence-corrected chi connectivity index (χ4v) is 11.2. The van der Waals surface area contributed by atoms with Crippen molar-refractivity contribution in [3.8, 4) is 73.1 Å². The zero-order chi connectivity index (χ0) is 50.3. The SMILES string of the molecule is Cc1ccccc1-c1ccc2c3ccc(-c4ccccc4C)cc3n(-c3cc(C#N)cc(-n4c5cc(-c6ccccc6C)ccc5c5ccc(-c6ccccc6C)cc54)c3-c3ccc(C(F)(F)F)cc3C)c2c1. The van der Waals surface area contributed by atoms with Crippen molar-refractivity contribution in [1.82, 2.24) is 9.13 Å². The fraction of sp³-hybridized carbons (Fsp3) is 0.0896. The first-order valence-corrected chi connectivity index (χ1v) is 24.5. The van der Waals surface area contributed by atoms with E-state index < -0.39 is 11.7 Å². The highest BCUT2D eigenvalue weighted by Crippen LogP contribution is 2.47. The van der Waals surface area contributed by atoms with E-state index in [1.54, 1.807) is 13.0 Å². The van der Waals surface area contributed by atoms with Crippen molar-refractivity contribution >= 4 is 43.6 Å². The van der Waals surface area contributed by atoms with Crippen LogP contribution in [0.3, 0.4) is 0 Å². The van der Waals surface area contributed by atoms with Crippen LogP contribution in [0.5, 0.6) is 0 Å². The number of rotatable bonds is 7. The number of halogens is 3. The Morgan fingerprint density at radius 1 is 0.356 bits per heavy atom. The van der Waals surface area contributed by atoms with Crippen LogP contribution in [-0.2, 0) is 6.18 Å². The molecule has 0 aliphatic rings. The molecule has 352 valence electrons. The molecule has 10 aromatic carbocycles. The number of aromatic nitrogens is 2. The zero-order valence-corrected chi connectivity index (χ0v) is 41.0. The van der Waals surface area contributed by atoms with Crippen molar-refractivity contribution < 1.29 is 13.2 Å². The molecule has 0 aliphatic carbocycles. The minimum absolute atomic E-state index is 0.401. The summed E-state index contributed by atoms with van der Waals surface area (Å²) >= 11 is 0. The largest absolute Gasteiger partial charge is 0.416 e. The summed E-state index contributed by atoms with van der Waals surface area (Å²) in [6.45, 7) is 10.2. The number of hydrogen-bond acceptors (Lipinski definition) is 1. The van der Waals surface area contributed by atoms with Gasteiger partial charge in [0.1, 0.15) is 0 Å². The summed E-state index contributed by atoms with van der Waals surface area (Å²) in [4.78, 5) is 0. The second-order valence-electron chi connectivity index (χ2n) is 19.4. The van der Waals surface area contributed by atoms with E-state index in [0.29, 0.717) is 33.6 Å². The van der Waals surface area contributed by atoms with E-state index in [9.17, 15) is 18.4 Å². The smallest absolute Gasteiger partial charge is 0.308 e. The maximum Gasteiger partial charge on any atom is 0.416 e. The van der Waals surface area contributed by atoms with E-state index in [0.717, 1.165) is 110 Å². The Hall–Kier alpha value is -8.92. The Labute approximate surface area is 422 Å². The van der Waals surface area contributed by atoms with Crippen LogP contribution in [-0.4, -0.2) is 9.13 Å². The van der Waals surface area contributed by atoms with Gasteiger partial charge >= 0.3 is 6.18 Å². The lowest BCUT2D eigenvalue weighted by atomic mass is 9.93. The van der Waals surface area contributed by atoms with Crippen LogP contribution in [0.25, 0.3) is 111 Å². The van der Waals surface area contributed by atoms with E-state index >= 15 is 0 Å². The van der Waals surface area contributed by atoms with Gasteiger partial charge in [-0.3, -0.25) is 0 Å². The fourth-order valence-electron chi connectivity index (χ4n) is 11.2. The van der Waals surface area contributed by atoms with Crippen LogP contribution in [0.2, 0.25) is 0 Å². The average Bonchev–Trinajstić information content (AvgIpc) is 3.89. The minimum atomic E-state index is -4.56. The lowest BCUT2D eigenvalue weighted by molar-refractivity contribution is -0.137. The molecule has 0 fully saturated rings. The van der Waals surface area contributed by atoms with Gasteiger partial charge < -0.3 is 9.13 Å². The molecule has 0 saturated heterocycles. The van der Waals surface area contributed by atoms with Gasteiger partial charge in [0.2, 0.25) is 0 Å². The molecule has 12 rings (SSSR count).